The summed E-state index contributed by atoms with van der Waals surface area (Å²) in [5.41, 5.74) is 0. The van der Waals surface area contributed by atoms with E-state index in [1.54, 1.807) is 0 Å². The minimum atomic E-state index is -0.729. The molecule has 0 aromatic carbocycles. The first-order valence-electron chi connectivity index (χ1n) is 24.9. The van der Waals surface area contributed by atoms with Crippen LogP contribution in [0.1, 0.15) is 195 Å². The predicted molar refractivity (Wildman–Crippen MR) is 248 cm³/mol. The topological polar surface area (TPSA) is 110 Å². The third kappa shape index (κ3) is 36.5. The number of carbonyl (C=O) groups is 3. The molecule has 0 saturated carbocycles. The Kier molecular flexibility index (Phi) is 39.3. The van der Waals surface area contributed by atoms with Crippen molar-refractivity contribution in [3.8, 4) is 0 Å². The Labute approximate surface area is 373 Å². The molecule has 2 unspecified atom stereocenters. The average molecular weight is 862 g/mol. The molecule has 1 fully saturated rings. The Morgan fingerprint density at radius 2 is 1.16 bits per heavy atom. The molecule has 354 valence electrons. The maximum absolute atomic E-state index is 13.0. The van der Waals surface area contributed by atoms with Crippen LogP contribution < -0.4 is 0 Å². The minimum Gasteiger partial charge on any atom is -0.466 e. The quantitative estimate of drug-likeness (QED) is 0.0147. The second-order valence-corrected chi connectivity index (χ2v) is 16.9. The van der Waals surface area contributed by atoms with E-state index in [9.17, 15) is 14.4 Å². The summed E-state index contributed by atoms with van der Waals surface area (Å²) in [6.07, 6.45) is 38.0. The van der Waals surface area contributed by atoms with Gasteiger partial charge in [-0.15, -0.1) is 0 Å². The Balaban J connectivity index is 2.52. The molecular weight excluding hydrogens is 771 g/mol. The summed E-state index contributed by atoms with van der Waals surface area (Å²) in [4.78, 5) is 40.4. The van der Waals surface area contributed by atoms with Gasteiger partial charge in [-0.1, -0.05) is 148 Å². The fraction of sp³-hybridized carbons (Fsp3) is 0.824. The maximum atomic E-state index is 13.0. The molecule has 0 amide bonds. The molecule has 61 heavy (non-hydrogen) atoms. The first kappa shape index (κ1) is 56.3. The average Bonchev–Trinajstić information content (AvgIpc) is 3.74. The van der Waals surface area contributed by atoms with Gasteiger partial charge in [0.15, 0.2) is 6.29 Å². The Morgan fingerprint density at radius 3 is 1.85 bits per heavy atom. The Morgan fingerprint density at radius 1 is 0.574 bits per heavy atom. The number of hydrogen-bond donors (Lipinski definition) is 0. The van der Waals surface area contributed by atoms with Gasteiger partial charge in [0.25, 0.3) is 0 Å². The second kappa shape index (κ2) is 42.6. The van der Waals surface area contributed by atoms with Crippen molar-refractivity contribution in [3.05, 3.63) is 36.5 Å². The van der Waals surface area contributed by atoms with Crippen LogP contribution in [0.5, 0.6) is 0 Å². The zero-order valence-electron chi connectivity index (χ0n) is 39.6. The number of likely N-dealkylation sites (tertiary alicyclic amines) is 1. The number of esters is 2. The summed E-state index contributed by atoms with van der Waals surface area (Å²) >= 11 is 0. The standard InChI is InChI=1S/C51H91NO9/c1-5-9-12-15-18-19-20-21-22-23-24-25-26-27-30-33-48(53)56-41-37-47(45-61-51(55)60-43-46-36-38-52(8-4)42-46)44-59-49(54)34-35-50(57-39-31-28-16-13-10-6-2)58-40-32-29-17-14-11-7-3/h18-19,21-24,46-47,50H,5-17,20,25-45H2,1-4H3/b19-18-,22-21-,24-23+. The lowest BCUT2D eigenvalue weighted by atomic mass is 10.1. The van der Waals surface area contributed by atoms with Crippen molar-refractivity contribution >= 4 is 18.1 Å². The van der Waals surface area contributed by atoms with E-state index in [2.05, 4.69) is 69.1 Å². The molecule has 0 aromatic heterocycles. The Hall–Kier alpha value is -2.69. The molecule has 0 aromatic rings. The molecule has 0 N–H and O–H groups in total. The van der Waals surface area contributed by atoms with Crippen LogP contribution in [-0.4, -0.2) is 88.6 Å². The normalized spacial score (nSPS) is 15.1. The highest BCUT2D eigenvalue weighted by molar-refractivity contribution is 5.69. The van der Waals surface area contributed by atoms with Crippen molar-refractivity contribution < 1.29 is 42.8 Å². The molecule has 1 aliphatic rings. The number of ether oxygens (including phenoxy) is 6. The third-order valence-corrected chi connectivity index (χ3v) is 11.2. The lowest BCUT2D eigenvalue weighted by molar-refractivity contribution is -0.160. The molecule has 0 aliphatic carbocycles. The van der Waals surface area contributed by atoms with Gasteiger partial charge in [-0.25, -0.2) is 4.79 Å². The first-order chi connectivity index (χ1) is 29.9. The summed E-state index contributed by atoms with van der Waals surface area (Å²) < 4.78 is 34.4. The highest BCUT2D eigenvalue weighted by Gasteiger charge is 2.24. The second-order valence-electron chi connectivity index (χ2n) is 16.9. The van der Waals surface area contributed by atoms with Crippen molar-refractivity contribution in [2.45, 2.75) is 201 Å². The number of hydrogen-bond acceptors (Lipinski definition) is 10. The van der Waals surface area contributed by atoms with E-state index in [1.807, 2.05) is 0 Å². The van der Waals surface area contributed by atoms with E-state index in [0.717, 1.165) is 83.8 Å². The Bertz CT molecular complexity index is 1110. The molecule has 10 heteroatoms. The van der Waals surface area contributed by atoms with Gasteiger partial charge < -0.3 is 33.3 Å². The van der Waals surface area contributed by atoms with E-state index in [4.69, 9.17) is 28.4 Å². The molecule has 1 heterocycles. The summed E-state index contributed by atoms with van der Waals surface area (Å²) in [6, 6.07) is 0. The fourth-order valence-electron chi connectivity index (χ4n) is 7.15. The van der Waals surface area contributed by atoms with Crippen molar-refractivity contribution in [1.29, 1.82) is 0 Å². The largest absolute Gasteiger partial charge is 0.508 e. The highest BCUT2D eigenvalue weighted by Crippen LogP contribution is 2.17. The molecule has 10 nitrogen and oxygen atoms in total. The summed E-state index contributed by atoms with van der Waals surface area (Å²) in [7, 11) is 0. The van der Waals surface area contributed by atoms with Gasteiger partial charge in [-0.05, 0) is 77.3 Å². The number of rotatable bonds is 42. The van der Waals surface area contributed by atoms with Gasteiger partial charge >= 0.3 is 18.1 Å². The molecular formula is C51H91NO9. The van der Waals surface area contributed by atoms with Gasteiger partial charge in [0, 0.05) is 44.4 Å². The number of unbranched alkanes of at least 4 members (excludes halogenated alkanes) is 16. The van der Waals surface area contributed by atoms with Gasteiger partial charge in [-0.3, -0.25) is 9.59 Å². The summed E-state index contributed by atoms with van der Waals surface area (Å²) in [6.45, 7) is 13.4. The number of allylic oxidation sites excluding steroid dienone is 6. The molecule has 1 aliphatic heterocycles. The summed E-state index contributed by atoms with van der Waals surface area (Å²) in [5.74, 6) is -0.660. The number of carbonyl (C=O) groups excluding carboxylic acids is 3. The maximum Gasteiger partial charge on any atom is 0.508 e. The minimum absolute atomic E-state index is 0.000765. The van der Waals surface area contributed by atoms with Crippen molar-refractivity contribution in [2.24, 2.45) is 11.8 Å². The molecule has 1 saturated heterocycles. The van der Waals surface area contributed by atoms with Gasteiger partial charge in [-0.2, -0.15) is 0 Å². The van der Waals surface area contributed by atoms with Crippen LogP contribution in [0.4, 0.5) is 4.79 Å². The van der Waals surface area contributed by atoms with Crippen molar-refractivity contribution in [2.75, 3.05) is 59.3 Å². The summed E-state index contributed by atoms with van der Waals surface area (Å²) in [5, 5.41) is 0. The van der Waals surface area contributed by atoms with Crippen LogP contribution in [0, 0.1) is 11.8 Å². The van der Waals surface area contributed by atoms with Gasteiger partial charge in [0.05, 0.1) is 26.2 Å². The SMILES string of the molecule is CCCCC/C=C\C/C=C\C=C\CCCCCC(=O)OCCC(COC(=O)CCC(OCCCCCCCC)OCCCCCCCC)COC(=O)OCC1CCN(CC)C1. The van der Waals surface area contributed by atoms with E-state index in [-0.39, 0.29) is 44.1 Å². The first-order valence-corrected chi connectivity index (χ1v) is 24.9. The van der Waals surface area contributed by atoms with E-state index in [1.165, 1.54) is 77.0 Å². The van der Waals surface area contributed by atoms with Crippen LogP contribution >= 0.6 is 0 Å². The fourth-order valence-corrected chi connectivity index (χ4v) is 7.15. The predicted octanol–water partition coefficient (Wildman–Crippen LogP) is 13.0. The zero-order valence-corrected chi connectivity index (χ0v) is 39.6. The van der Waals surface area contributed by atoms with Crippen LogP contribution in [0.15, 0.2) is 36.5 Å². The van der Waals surface area contributed by atoms with Crippen LogP contribution in [0.25, 0.3) is 0 Å². The molecule has 0 radical (unpaired) electrons. The van der Waals surface area contributed by atoms with Crippen LogP contribution in [0.3, 0.4) is 0 Å². The number of nitrogens with zero attached hydrogens (tertiary/aromatic N) is 1. The molecule has 1 rings (SSSR count). The van der Waals surface area contributed by atoms with Crippen molar-refractivity contribution in [1.82, 2.24) is 4.90 Å². The van der Waals surface area contributed by atoms with Gasteiger partial charge in [0.2, 0.25) is 0 Å². The van der Waals surface area contributed by atoms with Crippen molar-refractivity contribution in [3.63, 3.8) is 0 Å². The molecule has 0 bridgehead atoms. The highest BCUT2D eigenvalue weighted by atomic mass is 16.7. The molecule has 0 spiro atoms. The third-order valence-electron chi connectivity index (χ3n) is 11.2. The lowest BCUT2D eigenvalue weighted by Gasteiger charge is -2.20. The lowest BCUT2D eigenvalue weighted by Crippen LogP contribution is -2.25. The van der Waals surface area contributed by atoms with E-state index in [0.29, 0.717) is 45.0 Å². The molecule has 2 atom stereocenters. The van der Waals surface area contributed by atoms with Crippen LogP contribution in [-0.2, 0) is 38.0 Å². The van der Waals surface area contributed by atoms with Gasteiger partial charge in [0.1, 0.15) is 6.61 Å². The van der Waals surface area contributed by atoms with E-state index >= 15 is 0 Å². The van der Waals surface area contributed by atoms with Crippen LogP contribution in [0.2, 0.25) is 0 Å². The monoisotopic (exact) mass is 862 g/mol. The van der Waals surface area contributed by atoms with E-state index < -0.39 is 12.4 Å². The smallest absolute Gasteiger partial charge is 0.466 e. The zero-order chi connectivity index (χ0) is 44.3.